The number of aryl methyl sites for hydroxylation is 3. The van der Waals surface area contributed by atoms with Crippen molar-refractivity contribution < 1.29 is 9.53 Å². The number of hydrogen-bond donors (Lipinski definition) is 1. The maximum Gasteiger partial charge on any atom is 0.277 e. The topological polar surface area (TPSA) is 86.1 Å². The molecule has 0 radical (unpaired) electrons. The van der Waals surface area contributed by atoms with E-state index in [9.17, 15) is 9.59 Å². The van der Waals surface area contributed by atoms with Crippen molar-refractivity contribution in [3.63, 3.8) is 0 Å². The van der Waals surface area contributed by atoms with E-state index in [-0.39, 0.29) is 11.5 Å². The maximum absolute atomic E-state index is 12.8. The van der Waals surface area contributed by atoms with E-state index < -0.39 is 0 Å². The zero-order chi connectivity index (χ0) is 24.9. The van der Waals surface area contributed by atoms with Crippen molar-refractivity contribution in [1.29, 1.82) is 0 Å². The molecule has 7 nitrogen and oxygen atoms in total. The summed E-state index contributed by atoms with van der Waals surface area (Å²) in [5.41, 5.74) is 4.66. The molecule has 2 aromatic carbocycles. The lowest BCUT2D eigenvalue weighted by Gasteiger charge is -2.08. The van der Waals surface area contributed by atoms with Crippen LogP contribution in [0.3, 0.4) is 0 Å². The van der Waals surface area contributed by atoms with Crippen LogP contribution < -0.4 is 15.6 Å². The van der Waals surface area contributed by atoms with Crippen LogP contribution in [0.1, 0.15) is 37.7 Å². The zero-order valence-corrected chi connectivity index (χ0v) is 21.1. The van der Waals surface area contributed by atoms with Crippen molar-refractivity contribution in [2.75, 3.05) is 6.54 Å². The van der Waals surface area contributed by atoms with Gasteiger partial charge in [0.2, 0.25) is 0 Å². The summed E-state index contributed by atoms with van der Waals surface area (Å²) < 4.78 is 7.14. The smallest absolute Gasteiger partial charge is 0.277 e. The summed E-state index contributed by atoms with van der Waals surface area (Å²) in [5.74, 6) is 0.622. The summed E-state index contributed by atoms with van der Waals surface area (Å²) >= 11 is 1.24. The predicted octanol–water partition coefficient (Wildman–Crippen LogP) is 4.38. The number of ether oxygens (including phenoxy) is 1. The molecule has 35 heavy (non-hydrogen) atoms. The maximum atomic E-state index is 12.8. The first-order valence-corrected chi connectivity index (χ1v) is 12.2. The Bertz CT molecular complexity index is 1390. The Morgan fingerprint density at radius 1 is 1.00 bits per heavy atom. The number of nitrogens with one attached hydrogen (secondary N) is 1. The van der Waals surface area contributed by atoms with Gasteiger partial charge in [-0.15, -0.1) is 11.3 Å². The first-order valence-electron chi connectivity index (χ1n) is 11.4. The Morgan fingerprint density at radius 3 is 2.43 bits per heavy atom. The Hall–Kier alpha value is -3.78. The van der Waals surface area contributed by atoms with Gasteiger partial charge in [0.1, 0.15) is 22.2 Å². The van der Waals surface area contributed by atoms with Gasteiger partial charge in [0.05, 0.1) is 17.0 Å². The fraction of sp³-hybridized carbons (Fsp3) is 0.259. The van der Waals surface area contributed by atoms with Crippen LogP contribution in [0, 0.1) is 20.8 Å². The average Bonchev–Trinajstić information content (AvgIpc) is 3.24. The molecule has 1 N–H and O–H groups in total. The van der Waals surface area contributed by atoms with Crippen LogP contribution in [0.5, 0.6) is 5.75 Å². The summed E-state index contributed by atoms with van der Waals surface area (Å²) in [6, 6.07) is 17.9. The molecule has 0 saturated carbocycles. The minimum atomic E-state index is -0.218. The SMILES string of the molecule is Cc1nc(-c2c(C)c(C)nn(C)c2=O)sc1C(=O)NCCc1ccc(OCc2ccccc2)cc1. The van der Waals surface area contributed by atoms with Gasteiger partial charge in [-0.3, -0.25) is 9.59 Å². The highest BCUT2D eigenvalue weighted by atomic mass is 32.1. The highest BCUT2D eigenvalue weighted by molar-refractivity contribution is 7.17. The molecule has 2 aromatic heterocycles. The van der Waals surface area contributed by atoms with E-state index in [1.165, 1.54) is 16.0 Å². The third-order valence-corrected chi connectivity index (χ3v) is 6.99. The molecule has 2 heterocycles. The predicted molar refractivity (Wildman–Crippen MR) is 138 cm³/mol. The second-order valence-corrected chi connectivity index (χ2v) is 9.37. The Kier molecular flexibility index (Phi) is 7.41. The molecule has 0 bridgehead atoms. The van der Waals surface area contributed by atoms with Crippen LogP contribution in [0.4, 0.5) is 0 Å². The van der Waals surface area contributed by atoms with Crippen LogP contribution in [0.2, 0.25) is 0 Å². The Morgan fingerprint density at radius 2 is 1.71 bits per heavy atom. The highest BCUT2D eigenvalue weighted by Crippen LogP contribution is 2.28. The second kappa shape index (κ2) is 10.7. The van der Waals surface area contributed by atoms with E-state index in [0.717, 1.165) is 28.1 Å². The highest BCUT2D eigenvalue weighted by Gasteiger charge is 2.20. The van der Waals surface area contributed by atoms with Crippen molar-refractivity contribution in [2.24, 2.45) is 7.05 Å². The molecular formula is C27H28N4O3S. The van der Waals surface area contributed by atoms with E-state index in [2.05, 4.69) is 15.4 Å². The summed E-state index contributed by atoms with van der Waals surface area (Å²) in [6.07, 6.45) is 0.693. The molecule has 4 aromatic rings. The molecule has 0 spiro atoms. The van der Waals surface area contributed by atoms with E-state index in [0.29, 0.717) is 40.7 Å². The van der Waals surface area contributed by atoms with Crippen molar-refractivity contribution >= 4 is 17.2 Å². The summed E-state index contributed by atoms with van der Waals surface area (Å²) in [6.45, 7) is 6.51. The number of carbonyl (C=O) groups excluding carboxylic acids is 1. The third kappa shape index (κ3) is 5.66. The number of aromatic nitrogens is 3. The average molecular weight is 489 g/mol. The molecule has 0 saturated heterocycles. The van der Waals surface area contributed by atoms with E-state index in [1.807, 2.05) is 68.4 Å². The van der Waals surface area contributed by atoms with Crippen LogP contribution in [-0.4, -0.2) is 27.2 Å². The Labute approximate surface area is 208 Å². The van der Waals surface area contributed by atoms with Gasteiger partial charge in [-0.05, 0) is 56.0 Å². The molecule has 180 valence electrons. The van der Waals surface area contributed by atoms with Crippen molar-refractivity contribution in [3.8, 4) is 16.3 Å². The summed E-state index contributed by atoms with van der Waals surface area (Å²) in [7, 11) is 1.62. The fourth-order valence-electron chi connectivity index (χ4n) is 3.71. The molecule has 0 aliphatic heterocycles. The standard InChI is InChI=1S/C27H28N4O3S/c1-17-18(2)30-31(4)27(33)23(17)26-29-19(3)24(35-26)25(32)28-15-14-20-10-12-22(13-11-20)34-16-21-8-6-5-7-9-21/h5-13H,14-16H2,1-4H3,(H,28,32). The molecular weight excluding hydrogens is 460 g/mol. The number of nitrogens with zero attached hydrogens (tertiary/aromatic N) is 3. The minimum Gasteiger partial charge on any atom is -0.489 e. The van der Waals surface area contributed by atoms with E-state index in [1.54, 1.807) is 14.0 Å². The number of thiazole rings is 1. The van der Waals surface area contributed by atoms with Gasteiger partial charge in [0.25, 0.3) is 11.5 Å². The quantitative estimate of drug-likeness (QED) is 0.398. The van der Waals surface area contributed by atoms with Crippen LogP contribution in [0.25, 0.3) is 10.6 Å². The van der Waals surface area contributed by atoms with Crippen LogP contribution in [-0.2, 0) is 20.1 Å². The van der Waals surface area contributed by atoms with Gasteiger partial charge in [-0.1, -0.05) is 42.5 Å². The van der Waals surface area contributed by atoms with Crippen molar-refractivity contribution in [2.45, 2.75) is 33.8 Å². The zero-order valence-electron chi connectivity index (χ0n) is 20.3. The molecule has 0 fully saturated rings. The van der Waals surface area contributed by atoms with Gasteiger partial charge in [-0.2, -0.15) is 5.10 Å². The first-order chi connectivity index (χ1) is 16.8. The number of benzene rings is 2. The molecule has 8 heteroatoms. The lowest BCUT2D eigenvalue weighted by atomic mass is 10.1. The summed E-state index contributed by atoms with van der Waals surface area (Å²) in [4.78, 5) is 30.5. The van der Waals surface area contributed by atoms with Gasteiger partial charge in [0, 0.05) is 13.6 Å². The van der Waals surface area contributed by atoms with Gasteiger partial charge >= 0.3 is 0 Å². The normalized spacial score (nSPS) is 10.9. The van der Waals surface area contributed by atoms with Crippen LogP contribution >= 0.6 is 11.3 Å². The third-order valence-electron chi connectivity index (χ3n) is 5.81. The molecule has 0 atom stereocenters. The second-order valence-electron chi connectivity index (χ2n) is 8.37. The molecule has 0 aliphatic carbocycles. The lowest BCUT2D eigenvalue weighted by molar-refractivity contribution is 0.0957. The molecule has 1 amide bonds. The minimum absolute atomic E-state index is 0.186. The molecule has 0 unspecified atom stereocenters. The van der Waals surface area contributed by atoms with Gasteiger partial charge in [-0.25, -0.2) is 9.67 Å². The number of carbonyl (C=O) groups is 1. The molecule has 0 aliphatic rings. The van der Waals surface area contributed by atoms with E-state index in [4.69, 9.17) is 4.74 Å². The van der Waals surface area contributed by atoms with Crippen molar-refractivity contribution in [1.82, 2.24) is 20.1 Å². The Balaban J connectivity index is 1.35. The number of amides is 1. The fourth-order valence-corrected chi connectivity index (χ4v) is 4.78. The number of rotatable bonds is 8. The first kappa shape index (κ1) is 24.3. The monoisotopic (exact) mass is 488 g/mol. The van der Waals surface area contributed by atoms with Gasteiger partial charge in [0.15, 0.2) is 0 Å². The van der Waals surface area contributed by atoms with Crippen LogP contribution in [0.15, 0.2) is 59.4 Å². The number of hydrogen-bond acceptors (Lipinski definition) is 6. The van der Waals surface area contributed by atoms with E-state index >= 15 is 0 Å². The lowest BCUT2D eigenvalue weighted by Crippen LogP contribution is -2.25. The molecule has 4 rings (SSSR count). The van der Waals surface area contributed by atoms with Crippen molar-refractivity contribution in [3.05, 3.63) is 97.9 Å². The van der Waals surface area contributed by atoms with Gasteiger partial charge < -0.3 is 10.1 Å². The largest absolute Gasteiger partial charge is 0.489 e. The summed E-state index contributed by atoms with van der Waals surface area (Å²) in [5, 5.41) is 7.73.